The van der Waals surface area contributed by atoms with Gasteiger partial charge in [-0.2, -0.15) is 0 Å². The molecule has 1 aromatic carbocycles. The molecule has 3 rings (SSSR count). The fourth-order valence-corrected chi connectivity index (χ4v) is 4.57. The molecule has 1 heterocycles. The average Bonchev–Trinajstić information content (AvgIpc) is 3.00. The Labute approximate surface area is 116 Å². The van der Waals surface area contributed by atoms with E-state index in [1.165, 1.54) is 24.3 Å². The molecule has 7 nitrogen and oxygen atoms in total. The Morgan fingerprint density at radius 1 is 1.30 bits per heavy atom. The summed E-state index contributed by atoms with van der Waals surface area (Å²) in [5, 5.41) is 14.2. The van der Waals surface area contributed by atoms with Crippen LogP contribution in [0.15, 0.2) is 29.2 Å². The molecule has 108 valence electrons. The number of para-hydroxylation sites is 1. The number of piperidine rings is 1. The highest BCUT2D eigenvalue weighted by molar-refractivity contribution is 7.89. The zero-order valence-electron chi connectivity index (χ0n) is 10.7. The van der Waals surface area contributed by atoms with Crippen LogP contribution in [0.25, 0.3) is 0 Å². The number of hydrogen-bond donors (Lipinski definition) is 2. The number of fused-ring (bicyclic) bond motifs is 2. The van der Waals surface area contributed by atoms with Crippen LogP contribution in [-0.2, 0) is 10.0 Å². The van der Waals surface area contributed by atoms with Gasteiger partial charge in [-0.1, -0.05) is 12.1 Å². The molecule has 0 amide bonds. The van der Waals surface area contributed by atoms with Gasteiger partial charge in [0.05, 0.1) is 4.92 Å². The van der Waals surface area contributed by atoms with Crippen molar-refractivity contribution in [2.45, 2.75) is 29.8 Å². The topological polar surface area (TPSA) is 101 Å². The van der Waals surface area contributed by atoms with Crippen molar-refractivity contribution in [3.8, 4) is 0 Å². The maximum atomic E-state index is 12.4. The third-order valence-corrected chi connectivity index (χ3v) is 5.56. The lowest BCUT2D eigenvalue weighted by Gasteiger charge is -2.23. The van der Waals surface area contributed by atoms with Crippen LogP contribution in [0.3, 0.4) is 0 Å². The van der Waals surface area contributed by atoms with Crippen LogP contribution in [0.2, 0.25) is 0 Å². The quantitative estimate of drug-likeness (QED) is 0.627. The van der Waals surface area contributed by atoms with Gasteiger partial charge in [0.25, 0.3) is 5.69 Å². The maximum Gasteiger partial charge on any atom is 0.289 e. The molecule has 0 aromatic heterocycles. The zero-order valence-corrected chi connectivity index (χ0v) is 11.5. The van der Waals surface area contributed by atoms with Gasteiger partial charge in [-0.3, -0.25) is 10.1 Å². The molecular weight excluding hydrogens is 282 g/mol. The smallest absolute Gasteiger partial charge is 0.289 e. The SMILES string of the molecule is O=[N+]([O-])c1ccccc1S(=O)(=O)NC1CC2CC1CN2. The van der Waals surface area contributed by atoms with Gasteiger partial charge in [-0.15, -0.1) is 0 Å². The number of nitro groups is 1. The fourth-order valence-electron chi connectivity index (χ4n) is 3.08. The second kappa shape index (κ2) is 4.80. The van der Waals surface area contributed by atoms with Crippen molar-refractivity contribution >= 4 is 15.7 Å². The van der Waals surface area contributed by atoms with Gasteiger partial charge in [0.1, 0.15) is 0 Å². The molecule has 1 saturated carbocycles. The normalized spacial score (nSPS) is 28.7. The Hall–Kier alpha value is -1.51. The monoisotopic (exact) mass is 297 g/mol. The van der Waals surface area contributed by atoms with Crippen molar-refractivity contribution in [3.63, 3.8) is 0 Å². The molecule has 2 N–H and O–H groups in total. The van der Waals surface area contributed by atoms with E-state index in [0.717, 1.165) is 19.4 Å². The minimum atomic E-state index is -3.86. The van der Waals surface area contributed by atoms with Crippen LogP contribution < -0.4 is 10.0 Å². The first-order chi connectivity index (χ1) is 9.47. The number of nitrogens with one attached hydrogen (secondary N) is 2. The Morgan fingerprint density at radius 3 is 2.65 bits per heavy atom. The van der Waals surface area contributed by atoms with Crippen LogP contribution in [0, 0.1) is 16.0 Å². The molecule has 0 radical (unpaired) electrons. The Balaban J connectivity index is 1.87. The summed E-state index contributed by atoms with van der Waals surface area (Å²) in [6.07, 6.45) is 1.70. The van der Waals surface area contributed by atoms with E-state index >= 15 is 0 Å². The highest BCUT2D eigenvalue weighted by atomic mass is 32.2. The van der Waals surface area contributed by atoms with Crippen molar-refractivity contribution < 1.29 is 13.3 Å². The lowest BCUT2D eigenvalue weighted by atomic mass is 10.1. The van der Waals surface area contributed by atoms with Gasteiger partial charge in [-0.25, -0.2) is 13.1 Å². The number of nitro benzene ring substituents is 1. The van der Waals surface area contributed by atoms with E-state index in [0.29, 0.717) is 6.04 Å². The predicted molar refractivity (Wildman–Crippen MR) is 71.7 cm³/mol. The zero-order chi connectivity index (χ0) is 14.3. The molecule has 20 heavy (non-hydrogen) atoms. The minimum Gasteiger partial charge on any atom is -0.314 e. The van der Waals surface area contributed by atoms with Crippen LogP contribution >= 0.6 is 0 Å². The number of hydrogen-bond acceptors (Lipinski definition) is 5. The summed E-state index contributed by atoms with van der Waals surface area (Å²) >= 11 is 0. The third-order valence-electron chi connectivity index (χ3n) is 4.02. The van der Waals surface area contributed by atoms with Gasteiger partial charge < -0.3 is 5.32 Å². The molecule has 3 unspecified atom stereocenters. The second-order valence-corrected chi connectivity index (χ2v) is 6.97. The molecule has 2 bridgehead atoms. The molecule has 1 aliphatic carbocycles. The van der Waals surface area contributed by atoms with Crippen molar-refractivity contribution in [1.29, 1.82) is 0 Å². The molecule has 0 spiro atoms. The van der Waals surface area contributed by atoms with E-state index in [4.69, 9.17) is 0 Å². The first kappa shape index (κ1) is 13.5. The molecule has 1 aliphatic heterocycles. The molecule has 8 heteroatoms. The van der Waals surface area contributed by atoms with Gasteiger partial charge in [0.2, 0.25) is 10.0 Å². The first-order valence-electron chi connectivity index (χ1n) is 6.46. The summed E-state index contributed by atoms with van der Waals surface area (Å²) in [6.45, 7) is 0.800. The molecule has 2 fully saturated rings. The molecular formula is C12H15N3O4S. The highest BCUT2D eigenvalue weighted by Crippen LogP contribution is 2.33. The first-order valence-corrected chi connectivity index (χ1v) is 7.95. The van der Waals surface area contributed by atoms with E-state index in [2.05, 4.69) is 10.0 Å². The number of nitrogens with zero attached hydrogens (tertiary/aromatic N) is 1. The summed E-state index contributed by atoms with van der Waals surface area (Å²) < 4.78 is 27.3. The van der Waals surface area contributed by atoms with Crippen LogP contribution in [0.1, 0.15) is 12.8 Å². The van der Waals surface area contributed by atoms with Crippen molar-refractivity contribution in [2.24, 2.45) is 5.92 Å². The lowest BCUT2D eigenvalue weighted by molar-refractivity contribution is -0.387. The van der Waals surface area contributed by atoms with Crippen LogP contribution in [0.4, 0.5) is 5.69 Å². The highest BCUT2D eigenvalue weighted by Gasteiger charge is 2.42. The second-order valence-electron chi connectivity index (χ2n) is 5.29. The van der Waals surface area contributed by atoms with Gasteiger partial charge in [0.15, 0.2) is 4.90 Å². The largest absolute Gasteiger partial charge is 0.314 e. The summed E-state index contributed by atoms with van der Waals surface area (Å²) in [5.41, 5.74) is -0.388. The number of benzene rings is 1. The summed E-state index contributed by atoms with van der Waals surface area (Å²) in [5.74, 6) is 0.276. The van der Waals surface area contributed by atoms with E-state index in [-0.39, 0.29) is 22.5 Å². The van der Waals surface area contributed by atoms with Gasteiger partial charge in [-0.05, 0) is 31.4 Å². The minimum absolute atomic E-state index is 0.133. The maximum absolute atomic E-state index is 12.4. The van der Waals surface area contributed by atoms with Crippen molar-refractivity contribution in [1.82, 2.24) is 10.0 Å². The van der Waals surface area contributed by atoms with Gasteiger partial charge in [0, 0.05) is 18.2 Å². The fraction of sp³-hybridized carbons (Fsp3) is 0.500. The van der Waals surface area contributed by atoms with E-state index < -0.39 is 14.9 Å². The van der Waals surface area contributed by atoms with Crippen LogP contribution in [-0.4, -0.2) is 32.0 Å². The molecule has 1 aromatic rings. The Kier molecular flexibility index (Phi) is 3.23. The average molecular weight is 297 g/mol. The Bertz CT molecular complexity index is 646. The van der Waals surface area contributed by atoms with E-state index in [1.54, 1.807) is 0 Å². The van der Waals surface area contributed by atoms with E-state index in [1.807, 2.05) is 0 Å². The van der Waals surface area contributed by atoms with Gasteiger partial charge >= 0.3 is 0 Å². The summed E-state index contributed by atoms with van der Waals surface area (Å²) in [7, 11) is -3.86. The molecule has 1 saturated heterocycles. The Morgan fingerprint density at radius 2 is 2.05 bits per heavy atom. The van der Waals surface area contributed by atoms with Crippen LogP contribution in [0.5, 0.6) is 0 Å². The number of rotatable bonds is 4. The third kappa shape index (κ3) is 2.30. The standard InChI is InChI=1S/C12H15N3O4S/c16-15(17)11-3-1-2-4-12(11)20(18,19)14-10-6-9-5-8(10)7-13-9/h1-4,8-10,13-14H,5-7H2. The molecule has 3 atom stereocenters. The lowest BCUT2D eigenvalue weighted by Crippen LogP contribution is -2.44. The van der Waals surface area contributed by atoms with Crippen molar-refractivity contribution in [2.75, 3.05) is 6.54 Å². The molecule has 2 aliphatic rings. The van der Waals surface area contributed by atoms with E-state index in [9.17, 15) is 18.5 Å². The predicted octanol–water partition coefficient (Wildman–Crippen LogP) is 0.623. The van der Waals surface area contributed by atoms with Crippen molar-refractivity contribution in [3.05, 3.63) is 34.4 Å². The summed E-state index contributed by atoms with van der Waals surface area (Å²) in [6, 6.07) is 5.65. The number of sulfonamides is 1. The summed E-state index contributed by atoms with van der Waals surface area (Å²) in [4.78, 5) is 10.0.